The average Bonchev–Trinajstić information content (AvgIpc) is 2.46. The molecular formula is C16H18S4. The van der Waals surface area contributed by atoms with E-state index < -0.39 is 0 Å². The molecule has 1 aliphatic heterocycles. The van der Waals surface area contributed by atoms with Gasteiger partial charge in [-0.05, 0) is 30.7 Å². The number of benzene rings is 2. The minimum absolute atomic E-state index is 0.620. The highest BCUT2D eigenvalue weighted by Crippen LogP contribution is 2.45. The van der Waals surface area contributed by atoms with Crippen molar-refractivity contribution in [1.29, 1.82) is 0 Å². The van der Waals surface area contributed by atoms with Gasteiger partial charge < -0.3 is 0 Å². The maximum absolute atomic E-state index is 2.33. The van der Waals surface area contributed by atoms with Crippen LogP contribution in [0.3, 0.4) is 0 Å². The molecule has 3 rings (SSSR count). The van der Waals surface area contributed by atoms with Crippen molar-refractivity contribution in [1.82, 2.24) is 0 Å². The second kappa shape index (κ2) is 6.91. The Labute approximate surface area is 138 Å². The van der Waals surface area contributed by atoms with Gasteiger partial charge in [-0.3, -0.25) is 0 Å². The van der Waals surface area contributed by atoms with Crippen LogP contribution >= 0.6 is 47.0 Å². The Bertz CT molecular complexity index is 596. The molecule has 0 amide bonds. The summed E-state index contributed by atoms with van der Waals surface area (Å²) in [6.07, 6.45) is 0. The Hall–Kier alpha value is 0.1000. The fraction of sp³-hybridized carbons (Fsp3) is 0.375. The normalized spacial score (nSPS) is 24.3. The molecule has 2 aromatic rings. The maximum atomic E-state index is 2.33. The quantitative estimate of drug-likeness (QED) is 0.561. The predicted octanol–water partition coefficient (Wildman–Crippen LogP) is 6.20. The summed E-state index contributed by atoms with van der Waals surface area (Å²) in [5.74, 6) is 2.51. The van der Waals surface area contributed by atoms with Crippen LogP contribution in [0.4, 0.5) is 0 Å². The Morgan fingerprint density at radius 2 is 1.55 bits per heavy atom. The highest BCUT2D eigenvalue weighted by atomic mass is 32.2. The lowest BCUT2D eigenvalue weighted by molar-refractivity contribution is 1.26. The van der Waals surface area contributed by atoms with Gasteiger partial charge in [0.05, 0.1) is 9.16 Å². The Morgan fingerprint density at radius 1 is 0.850 bits per heavy atom. The van der Waals surface area contributed by atoms with Gasteiger partial charge in [0.25, 0.3) is 0 Å². The van der Waals surface area contributed by atoms with Gasteiger partial charge in [-0.2, -0.15) is 0 Å². The highest BCUT2D eigenvalue weighted by molar-refractivity contribution is 8.20. The number of hydrogen-bond donors (Lipinski definition) is 0. The first kappa shape index (κ1) is 15.0. The third-order valence-electron chi connectivity index (χ3n) is 3.21. The van der Waals surface area contributed by atoms with E-state index in [4.69, 9.17) is 0 Å². The summed E-state index contributed by atoms with van der Waals surface area (Å²) in [4.78, 5) is 2.92. The lowest BCUT2D eigenvalue weighted by Crippen LogP contribution is -2.01. The van der Waals surface area contributed by atoms with Gasteiger partial charge in [-0.15, -0.1) is 47.0 Å². The fourth-order valence-electron chi connectivity index (χ4n) is 2.28. The molecule has 0 saturated carbocycles. The van der Waals surface area contributed by atoms with Gasteiger partial charge in [0.15, 0.2) is 0 Å². The van der Waals surface area contributed by atoms with Crippen molar-refractivity contribution in [3.05, 3.63) is 36.4 Å². The van der Waals surface area contributed by atoms with Crippen LogP contribution in [0.25, 0.3) is 10.8 Å². The van der Waals surface area contributed by atoms with Crippen LogP contribution < -0.4 is 0 Å². The van der Waals surface area contributed by atoms with Crippen LogP contribution in [0.5, 0.6) is 0 Å². The fourth-order valence-corrected chi connectivity index (χ4v) is 7.27. The molecule has 0 N–H and O–H groups in total. The third kappa shape index (κ3) is 3.46. The smallest absolute Gasteiger partial charge is 0.0522 e. The van der Waals surface area contributed by atoms with Crippen molar-refractivity contribution in [2.45, 2.75) is 32.8 Å². The zero-order valence-electron chi connectivity index (χ0n) is 11.7. The molecule has 0 fully saturated rings. The molecule has 0 aliphatic carbocycles. The third-order valence-corrected chi connectivity index (χ3v) is 8.74. The van der Waals surface area contributed by atoms with Gasteiger partial charge in [-0.25, -0.2) is 0 Å². The summed E-state index contributed by atoms with van der Waals surface area (Å²) >= 11 is 8.21. The van der Waals surface area contributed by atoms with Crippen molar-refractivity contribution < 1.29 is 0 Å². The van der Waals surface area contributed by atoms with Crippen molar-refractivity contribution in [2.75, 3.05) is 11.5 Å². The zero-order valence-corrected chi connectivity index (χ0v) is 14.9. The topological polar surface area (TPSA) is 0 Å². The molecule has 2 atom stereocenters. The van der Waals surface area contributed by atoms with Gasteiger partial charge in [0.2, 0.25) is 0 Å². The summed E-state index contributed by atoms with van der Waals surface area (Å²) in [6, 6.07) is 13.3. The second-order valence-electron chi connectivity index (χ2n) is 4.73. The van der Waals surface area contributed by atoms with Crippen LogP contribution in [0.1, 0.15) is 13.8 Å². The first-order chi connectivity index (χ1) is 9.74. The van der Waals surface area contributed by atoms with Crippen LogP contribution in [0.15, 0.2) is 46.2 Å². The Balaban J connectivity index is 2.08. The minimum Gasteiger partial charge on any atom is -0.147 e. The molecule has 4 heteroatoms. The largest absolute Gasteiger partial charge is 0.147 e. The zero-order chi connectivity index (χ0) is 13.9. The lowest BCUT2D eigenvalue weighted by Gasteiger charge is -2.20. The molecule has 2 aromatic carbocycles. The van der Waals surface area contributed by atoms with E-state index in [1.54, 1.807) is 0 Å². The van der Waals surface area contributed by atoms with Gasteiger partial charge >= 0.3 is 0 Å². The summed E-state index contributed by atoms with van der Waals surface area (Å²) < 4.78 is 1.25. The molecule has 2 unspecified atom stereocenters. The SMILES string of the molecule is CC1SCCSC(C)Sc2c(ccc3ccccc23)S1. The van der Waals surface area contributed by atoms with E-state index in [1.807, 2.05) is 23.5 Å². The number of thioether (sulfide) groups is 4. The van der Waals surface area contributed by atoms with Gasteiger partial charge in [-0.1, -0.05) is 30.3 Å². The molecule has 0 nitrogen and oxygen atoms in total. The van der Waals surface area contributed by atoms with Crippen LogP contribution in [0.2, 0.25) is 0 Å². The molecule has 0 spiro atoms. The molecule has 0 radical (unpaired) electrons. The van der Waals surface area contributed by atoms with Crippen LogP contribution in [-0.2, 0) is 0 Å². The van der Waals surface area contributed by atoms with E-state index in [2.05, 4.69) is 73.8 Å². The first-order valence-corrected chi connectivity index (χ1v) is 10.7. The summed E-state index contributed by atoms with van der Waals surface area (Å²) in [7, 11) is 0. The molecule has 1 heterocycles. The molecule has 1 aliphatic rings. The number of rotatable bonds is 0. The van der Waals surface area contributed by atoms with E-state index in [0.29, 0.717) is 9.16 Å². The second-order valence-corrected chi connectivity index (χ2v) is 11.0. The number of fused-ring (bicyclic) bond motifs is 3. The molecule has 106 valence electrons. The Morgan fingerprint density at radius 3 is 2.35 bits per heavy atom. The van der Waals surface area contributed by atoms with E-state index in [-0.39, 0.29) is 0 Å². The summed E-state index contributed by atoms with van der Waals surface area (Å²) in [6.45, 7) is 4.66. The standard InChI is InChI=1S/C16H18S4/c1-11-17-9-10-18-12(2)20-16-14-6-4-3-5-13(14)7-8-15(16)19-11/h3-8,11-12H,9-10H2,1-2H3. The predicted molar refractivity (Wildman–Crippen MR) is 99.5 cm³/mol. The van der Waals surface area contributed by atoms with Gasteiger partial charge in [0.1, 0.15) is 0 Å². The molecular weight excluding hydrogens is 320 g/mol. The minimum atomic E-state index is 0.620. The number of hydrogen-bond acceptors (Lipinski definition) is 4. The van der Waals surface area contributed by atoms with E-state index in [9.17, 15) is 0 Å². The molecule has 0 saturated heterocycles. The van der Waals surface area contributed by atoms with E-state index in [0.717, 1.165) is 0 Å². The molecule has 0 bridgehead atoms. The van der Waals surface area contributed by atoms with Gasteiger partial charge in [0, 0.05) is 21.3 Å². The summed E-state index contributed by atoms with van der Waals surface area (Å²) in [5.41, 5.74) is 0. The van der Waals surface area contributed by atoms with E-state index in [1.165, 1.54) is 32.1 Å². The van der Waals surface area contributed by atoms with Crippen molar-refractivity contribution >= 4 is 57.8 Å². The Kier molecular flexibility index (Phi) is 5.18. The van der Waals surface area contributed by atoms with Crippen molar-refractivity contribution in [3.8, 4) is 0 Å². The highest BCUT2D eigenvalue weighted by Gasteiger charge is 2.17. The summed E-state index contributed by atoms with van der Waals surface area (Å²) in [5, 5.41) is 2.77. The van der Waals surface area contributed by atoms with E-state index >= 15 is 0 Å². The van der Waals surface area contributed by atoms with Crippen LogP contribution in [-0.4, -0.2) is 20.7 Å². The van der Waals surface area contributed by atoms with Crippen molar-refractivity contribution in [3.63, 3.8) is 0 Å². The lowest BCUT2D eigenvalue weighted by atomic mass is 10.1. The molecule has 20 heavy (non-hydrogen) atoms. The maximum Gasteiger partial charge on any atom is 0.0522 e. The monoisotopic (exact) mass is 338 g/mol. The average molecular weight is 339 g/mol. The molecule has 0 aromatic heterocycles. The van der Waals surface area contributed by atoms with Crippen molar-refractivity contribution in [2.24, 2.45) is 0 Å². The van der Waals surface area contributed by atoms with Crippen LogP contribution in [0, 0.1) is 0 Å². The first-order valence-electron chi connectivity index (χ1n) is 6.82.